The topological polar surface area (TPSA) is 74.4 Å². The quantitative estimate of drug-likeness (QED) is 0.865. The molecule has 1 saturated heterocycles. The molecule has 6 nitrogen and oxygen atoms in total. The van der Waals surface area contributed by atoms with Gasteiger partial charge in [0.15, 0.2) is 0 Å². The van der Waals surface area contributed by atoms with Crippen LogP contribution in [0.3, 0.4) is 0 Å². The van der Waals surface area contributed by atoms with Crippen LogP contribution in [-0.4, -0.2) is 45.9 Å². The highest BCUT2D eigenvalue weighted by molar-refractivity contribution is 5.39. The van der Waals surface area contributed by atoms with Crippen LogP contribution in [0, 0.1) is 13.8 Å². The minimum absolute atomic E-state index is 0.273. The predicted molar refractivity (Wildman–Crippen MR) is 96.4 cm³/mol. The van der Waals surface area contributed by atoms with E-state index in [1.54, 1.807) is 6.92 Å². The van der Waals surface area contributed by atoms with Crippen LogP contribution in [0.4, 0.5) is 0 Å². The van der Waals surface area contributed by atoms with Gasteiger partial charge in [-0.2, -0.15) is 0 Å². The Bertz CT molecular complexity index is 726. The first-order chi connectivity index (χ1) is 11.9. The molecule has 136 valence electrons. The van der Waals surface area contributed by atoms with Gasteiger partial charge in [0.25, 0.3) is 0 Å². The number of aryl methyl sites for hydroxylation is 1. The second-order valence-electron chi connectivity index (χ2n) is 7.19. The zero-order valence-electron chi connectivity index (χ0n) is 15.5. The first-order valence-electron chi connectivity index (χ1n) is 8.97. The highest BCUT2D eigenvalue weighted by atomic mass is 16.4. The van der Waals surface area contributed by atoms with Crippen molar-refractivity contribution in [1.29, 1.82) is 0 Å². The normalized spacial score (nSPS) is 20.0. The molecule has 2 N–H and O–H groups in total. The van der Waals surface area contributed by atoms with E-state index in [4.69, 9.17) is 4.42 Å². The molecule has 2 atom stereocenters. The predicted octanol–water partition coefficient (Wildman–Crippen LogP) is 2.12. The molecule has 1 aliphatic rings. The summed E-state index contributed by atoms with van der Waals surface area (Å²) >= 11 is 0. The molecule has 6 heteroatoms. The van der Waals surface area contributed by atoms with Gasteiger partial charge in [-0.3, -0.25) is 4.90 Å². The molecule has 0 saturated carbocycles. The van der Waals surface area contributed by atoms with E-state index in [1.165, 1.54) is 22.3 Å². The standard InChI is InChI=1S/C19H28N4O2/c1-12-7-16(9-18-21-22-19(25-18)15(4)24)14(3)17(8-12)11-23-6-5-20-13(2)10-23/h7-8,13,15,20,24H,5-6,9-11H2,1-4H3/t13-,15+/m0/s1. The van der Waals surface area contributed by atoms with E-state index in [2.05, 4.69) is 53.3 Å². The van der Waals surface area contributed by atoms with Crippen LogP contribution in [0.2, 0.25) is 0 Å². The van der Waals surface area contributed by atoms with Crippen molar-refractivity contribution in [2.24, 2.45) is 0 Å². The van der Waals surface area contributed by atoms with E-state index < -0.39 is 6.10 Å². The fourth-order valence-electron chi connectivity index (χ4n) is 3.43. The lowest BCUT2D eigenvalue weighted by molar-refractivity contribution is 0.161. The zero-order valence-corrected chi connectivity index (χ0v) is 15.5. The molecular weight excluding hydrogens is 316 g/mol. The molecule has 1 fully saturated rings. The number of benzene rings is 1. The Kier molecular flexibility index (Phi) is 5.51. The van der Waals surface area contributed by atoms with Crippen LogP contribution >= 0.6 is 0 Å². The average Bonchev–Trinajstić information content (AvgIpc) is 3.01. The van der Waals surface area contributed by atoms with Crippen molar-refractivity contribution in [3.8, 4) is 0 Å². The third-order valence-electron chi connectivity index (χ3n) is 4.80. The van der Waals surface area contributed by atoms with Crippen molar-refractivity contribution in [2.75, 3.05) is 19.6 Å². The van der Waals surface area contributed by atoms with E-state index >= 15 is 0 Å². The Labute approximate surface area is 149 Å². The van der Waals surface area contributed by atoms with E-state index in [0.29, 0.717) is 18.4 Å². The fraction of sp³-hybridized carbons (Fsp3) is 0.579. The molecule has 2 aromatic rings. The number of aliphatic hydroxyl groups excluding tert-OH is 1. The van der Waals surface area contributed by atoms with E-state index in [1.807, 2.05) is 0 Å². The summed E-state index contributed by atoms with van der Waals surface area (Å²) in [6, 6.07) is 5.00. The minimum Gasteiger partial charge on any atom is -0.422 e. The second-order valence-corrected chi connectivity index (χ2v) is 7.19. The highest BCUT2D eigenvalue weighted by Gasteiger charge is 2.18. The SMILES string of the molecule is Cc1cc(Cc2nnc([C@@H](C)O)o2)c(C)c(CN2CCN[C@@H](C)C2)c1. The van der Waals surface area contributed by atoms with E-state index in [9.17, 15) is 5.11 Å². The Morgan fingerprint density at radius 1 is 1.32 bits per heavy atom. The van der Waals surface area contributed by atoms with Crippen LogP contribution in [-0.2, 0) is 13.0 Å². The van der Waals surface area contributed by atoms with Gasteiger partial charge in [0.2, 0.25) is 11.8 Å². The van der Waals surface area contributed by atoms with Crippen molar-refractivity contribution in [3.05, 3.63) is 46.2 Å². The summed E-state index contributed by atoms with van der Waals surface area (Å²) in [5.74, 6) is 0.821. The summed E-state index contributed by atoms with van der Waals surface area (Å²) in [7, 11) is 0. The fourth-order valence-corrected chi connectivity index (χ4v) is 3.43. The minimum atomic E-state index is -0.731. The number of nitrogens with zero attached hydrogens (tertiary/aromatic N) is 3. The van der Waals surface area contributed by atoms with Crippen molar-refractivity contribution in [3.63, 3.8) is 0 Å². The average molecular weight is 344 g/mol. The molecule has 0 bridgehead atoms. The second kappa shape index (κ2) is 7.64. The summed E-state index contributed by atoms with van der Waals surface area (Å²) in [4.78, 5) is 2.50. The summed E-state index contributed by atoms with van der Waals surface area (Å²) in [5.41, 5.74) is 5.10. The lowest BCUT2D eigenvalue weighted by atomic mass is 9.96. The third kappa shape index (κ3) is 4.45. The number of rotatable bonds is 5. The molecule has 1 aliphatic heterocycles. The Morgan fingerprint density at radius 3 is 2.76 bits per heavy atom. The summed E-state index contributed by atoms with van der Waals surface area (Å²) in [6.45, 7) is 12.3. The monoisotopic (exact) mass is 344 g/mol. The van der Waals surface area contributed by atoms with Gasteiger partial charge in [-0.15, -0.1) is 10.2 Å². The van der Waals surface area contributed by atoms with Gasteiger partial charge in [-0.1, -0.05) is 17.7 Å². The van der Waals surface area contributed by atoms with Crippen LogP contribution in [0.5, 0.6) is 0 Å². The van der Waals surface area contributed by atoms with Gasteiger partial charge in [0.05, 0.1) is 6.42 Å². The molecule has 0 spiro atoms. The number of hydrogen-bond acceptors (Lipinski definition) is 6. The van der Waals surface area contributed by atoms with Gasteiger partial charge in [0, 0.05) is 32.2 Å². The van der Waals surface area contributed by atoms with Gasteiger partial charge in [-0.05, 0) is 44.4 Å². The molecule has 0 unspecified atom stereocenters. The van der Waals surface area contributed by atoms with Gasteiger partial charge in [0.1, 0.15) is 6.10 Å². The Hall–Kier alpha value is -1.76. The summed E-state index contributed by atoms with van der Waals surface area (Å²) in [6.07, 6.45) is -0.136. The molecular formula is C19H28N4O2. The molecule has 25 heavy (non-hydrogen) atoms. The van der Waals surface area contributed by atoms with Gasteiger partial charge >= 0.3 is 0 Å². The van der Waals surface area contributed by atoms with Crippen molar-refractivity contribution >= 4 is 0 Å². The smallest absolute Gasteiger partial charge is 0.244 e. The zero-order chi connectivity index (χ0) is 18.0. The molecule has 0 amide bonds. The number of hydrogen-bond donors (Lipinski definition) is 2. The van der Waals surface area contributed by atoms with E-state index in [-0.39, 0.29) is 5.89 Å². The van der Waals surface area contributed by atoms with Crippen LogP contribution < -0.4 is 5.32 Å². The Balaban J connectivity index is 1.79. The van der Waals surface area contributed by atoms with Crippen LogP contribution in [0.25, 0.3) is 0 Å². The maximum atomic E-state index is 9.54. The lowest BCUT2D eigenvalue weighted by Gasteiger charge is -2.32. The number of piperazine rings is 1. The molecule has 0 radical (unpaired) electrons. The maximum absolute atomic E-state index is 9.54. The number of nitrogens with one attached hydrogen (secondary N) is 1. The summed E-state index contributed by atoms with van der Waals surface area (Å²) < 4.78 is 5.56. The first-order valence-corrected chi connectivity index (χ1v) is 8.97. The largest absolute Gasteiger partial charge is 0.422 e. The molecule has 1 aromatic heterocycles. The van der Waals surface area contributed by atoms with Crippen LogP contribution in [0.15, 0.2) is 16.5 Å². The van der Waals surface area contributed by atoms with Gasteiger partial charge < -0.3 is 14.8 Å². The van der Waals surface area contributed by atoms with Crippen molar-refractivity contribution < 1.29 is 9.52 Å². The lowest BCUT2D eigenvalue weighted by Crippen LogP contribution is -2.48. The highest BCUT2D eigenvalue weighted by Crippen LogP contribution is 2.22. The number of aliphatic hydroxyl groups is 1. The van der Waals surface area contributed by atoms with E-state index in [0.717, 1.165) is 26.2 Å². The van der Waals surface area contributed by atoms with Crippen molar-refractivity contribution in [1.82, 2.24) is 20.4 Å². The molecule has 1 aromatic carbocycles. The molecule has 2 heterocycles. The van der Waals surface area contributed by atoms with Crippen molar-refractivity contribution in [2.45, 2.75) is 52.8 Å². The third-order valence-corrected chi connectivity index (χ3v) is 4.80. The summed E-state index contributed by atoms with van der Waals surface area (Å²) in [5, 5.41) is 21.0. The maximum Gasteiger partial charge on any atom is 0.244 e. The van der Waals surface area contributed by atoms with Gasteiger partial charge in [-0.25, -0.2) is 0 Å². The van der Waals surface area contributed by atoms with Crippen LogP contribution in [0.1, 0.15) is 54.0 Å². The molecule has 3 rings (SSSR count). The molecule has 0 aliphatic carbocycles. The Morgan fingerprint density at radius 2 is 2.08 bits per heavy atom. The number of aromatic nitrogens is 2. The first kappa shape index (κ1) is 18.0.